The lowest BCUT2D eigenvalue weighted by atomic mass is 10.0. The second kappa shape index (κ2) is 5.83. The van der Waals surface area contributed by atoms with Crippen molar-refractivity contribution in [1.82, 2.24) is 4.98 Å². The summed E-state index contributed by atoms with van der Waals surface area (Å²) in [6.07, 6.45) is 0.633. The number of hydrogen-bond donors (Lipinski definition) is 2. The first-order valence-corrected chi connectivity index (χ1v) is 5.92. The number of anilines is 1. The van der Waals surface area contributed by atoms with Gasteiger partial charge in [0.05, 0.1) is 0 Å². The highest BCUT2D eigenvalue weighted by molar-refractivity contribution is 5.46. The first-order chi connectivity index (χ1) is 9.47. The SMILES string of the molecule is Cc1cnc(N)c(C(O)c2ccc(OC(F)F)cc2)c1. The molecule has 0 radical (unpaired) electrons. The third kappa shape index (κ3) is 3.21. The molecule has 1 aromatic heterocycles. The van der Waals surface area contributed by atoms with Gasteiger partial charge in [0.1, 0.15) is 17.7 Å². The van der Waals surface area contributed by atoms with Crippen LogP contribution in [0.3, 0.4) is 0 Å². The zero-order chi connectivity index (χ0) is 14.7. The summed E-state index contributed by atoms with van der Waals surface area (Å²) in [6, 6.07) is 7.47. The number of nitrogens with zero attached hydrogens (tertiary/aromatic N) is 1. The van der Waals surface area contributed by atoms with Crippen molar-refractivity contribution in [3.63, 3.8) is 0 Å². The van der Waals surface area contributed by atoms with Gasteiger partial charge in [-0.15, -0.1) is 0 Å². The third-order valence-corrected chi connectivity index (χ3v) is 2.80. The van der Waals surface area contributed by atoms with Gasteiger partial charge < -0.3 is 15.6 Å². The fraction of sp³-hybridized carbons (Fsp3) is 0.214. The van der Waals surface area contributed by atoms with Crippen LogP contribution in [-0.2, 0) is 0 Å². The fourth-order valence-electron chi connectivity index (χ4n) is 1.83. The van der Waals surface area contributed by atoms with Crippen molar-refractivity contribution in [3.8, 4) is 5.75 Å². The molecule has 0 amide bonds. The number of pyridine rings is 1. The molecule has 0 spiro atoms. The molecule has 2 rings (SSSR count). The lowest BCUT2D eigenvalue weighted by Crippen LogP contribution is -2.06. The van der Waals surface area contributed by atoms with Crippen LogP contribution in [-0.4, -0.2) is 16.7 Å². The molecule has 0 aliphatic carbocycles. The van der Waals surface area contributed by atoms with Crippen molar-refractivity contribution in [2.45, 2.75) is 19.6 Å². The van der Waals surface area contributed by atoms with Gasteiger partial charge >= 0.3 is 6.61 Å². The first-order valence-electron chi connectivity index (χ1n) is 5.92. The van der Waals surface area contributed by atoms with Crippen molar-refractivity contribution >= 4 is 5.82 Å². The number of benzene rings is 1. The lowest BCUT2D eigenvalue weighted by molar-refractivity contribution is -0.0498. The molecule has 0 aliphatic heterocycles. The lowest BCUT2D eigenvalue weighted by Gasteiger charge is -2.14. The smallest absolute Gasteiger partial charge is 0.387 e. The van der Waals surface area contributed by atoms with Gasteiger partial charge in [0.15, 0.2) is 0 Å². The van der Waals surface area contributed by atoms with E-state index in [0.717, 1.165) is 5.56 Å². The molecular formula is C14H14F2N2O2. The average molecular weight is 280 g/mol. The first kappa shape index (κ1) is 14.2. The van der Waals surface area contributed by atoms with Crippen molar-refractivity contribution < 1.29 is 18.6 Å². The van der Waals surface area contributed by atoms with Gasteiger partial charge in [-0.25, -0.2) is 4.98 Å². The molecule has 1 heterocycles. The molecule has 0 aliphatic rings. The summed E-state index contributed by atoms with van der Waals surface area (Å²) in [5.74, 6) is 0.266. The van der Waals surface area contributed by atoms with Crippen LogP contribution < -0.4 is 10.5 Å². The van der Waals surface area contributed by atoms with Crippen LogP contribution in [0.2, 0.25) is 0 Å². The summed E-state index contributed by atoms with van der Waals surface area (Å²) in [5, 5.41) is 10.3. The Labute approximate surface area is 114 Å². The number of nitrogens with two attached hydrogens (primary N) is 1. The zero-order valence-corrected chi connectivity index (χ0v) is 10.8. The Kier molecular flexibility index (Phi) is 4.14. The van der Waals surface area contributed by atoms with Crippen LogP contribution in [0.5, 0.6) is 5.75 Å². The maximum absolute atomic E-state index is 12.0. The minimum absolute atomic E-state index is 0.0336. The van der Waals surface area contributed by atoms with Gasteiger partial charge in [-0.1, -0.05) is 12.1 Å². The molecule has 1 aromatic carbocycles. The normalized spacial score (nSPS) is 12.4. The number of aryl methyl sites for hydroxylation is 1. The van der Waals surface area contributed by atoms with E-state index in [-0.39, 0.29) is 11.6 Å². The molecule has 0 fully saturated rings. The van der Waals surface area contributed by atoms with E-state index in [4.69, 9.17) is 5.73 Å². The summed E-state index contributed by atoms with van der Waals surface area (Å²) >= 11 is 0. The average Bonchev–Trinajstić information content (AvgIpc) is 2.41. The Balaban J connectivity index is 2.24. The maximum atomic E-state index is 12.0. The number of alkyl halides is 2. The van der Waals surface area contributed by atoms with Crippen molar-refractivity contribution in [3.05, 3.63) is 53.2 Å². The molecule has 1 unspecified atom stereocenters. The predicted molar refractivity (Wildman–Crippen MR) is 70.5 cm³/mol. The molecule has 3 N–H and O–H groups in total. The number of rotatable bonds is 4. The summed E-state index contributed by atoms with van der Waals surface area (Å²) in [5.41, 5.74) is 7.59. The highest BCUT2D eigenvalue weighted by Gasteiger charge is 2.15. The standard InChI is InChI=1S/C14H14F2N2O2/c1-8-6-11(13(17)18-7-8)12(19)9-2-4-10(5-3-9)20-14(15)16/h2-7,12,14,19H,1H3,(H2,17,18). The summed E-state index contributed by atoms with van der Waals surface area (Å²) in [4.78, 5) is 3.98. The molecule has 6 heteroatoms. The third-order valence-electron chi connectivity index (χ3n) is 2.80. The topological polar surface area (TPSA) is 68.4 Å². The van der Waals surface area contributed by atoms with E-state index < -0.39 is 12.7 Å². The Morgan fingerprint density at radius 3 is 2.50 bits per heavy atom. The van der Waals surface area contributed by atoms with Gasteiger partial charge in [0.2, 0.25) is 0 Å². The van der Waals surface area contributed by atoms with Gasteiger partial charge in [-0.05, 0) is 36.2 Å². The summed E-state index contributed by atoms with van der Waals surface area (Å²) < 4.78 is 28.3. The van der Waals surface area contributed by atoms with Crippen LogP contribution in [0.1, 0.15) is 22.8 Å². The zero-order valence-electron chi connectivity index (χ0n) is 10.8. The number of aliphatic hydroxyl groups is 1. The Morgan fingerprint density at radius 1 is 1.25 bits per heavy atom. The Hall–Kier alpha value is -2.21. The molecule has 4 nitrogen and oxygen atoms in total. The molecular weight excluding hydrogens is 266 g/mol. The maximum Gasteiger partial charge on any atom is 0.387 e. The van der Waals surface area contributed by atoms with E-state index in [0.29, 0.717) is 11.1 Å². The van der Waals surface area contributed by atoms with Crippen LogP contribution >= 0.6 is 0 Å². The summed E-state index contributed by atoms with van der Waals surface area (Å²) in [6.45, 7) is -1.04. The second-order valence-corrected chi connectivity index (χ2v) is 4.34. The predicted octanol–water partition coefficient (Wildman–Crippen LogP) is 2.66. The molecule has 2 aromatic rings. The minimum atomic E-state index is -2.87. The molecule has 20 heavy (non-hydrogen) atoms. The van der Waals surface area contributed by atoms with Crippen LogP contribution in [0.4, 0.5) is 14.6 Å². The van der Waals surface area contributed by atoms with E-state index in [2.05, 4.69) is 9.72 Å². The molecule has 0 bridgehead atoms. The molecule has 0 saturated carbocycles. The number of ether oxygens (including phenoxy) is 1. The number of aliphatic hydroxyl groups excluding tert-OH is 1. The van der Waals surface area contributed by atoms with Gasteiger partial charge in [-0.3, -0.25) is 0 Å². The van der Waals surface area contributed by atoms with E-state index in [1.807, 2.05) is 6.92 Å². The van der Waals surface area contributed by atoms with Crippen LogP contribution in [0.15, 0.2) is 36.5 Å². The molecule has 0 saturated heterocycles. The van der Waals surface area contributed by atoms with E-state index in [1.54, 1.807) is 12.3 Å². The van der Waals surface area contributed by atoms with Crippen LogP contribution in [0.25, 0.3) is 0 Å². The minimum Gasteiger partial charge on any atom is -0.435 e. The van der Waals surface area contributed by atoms with Crippen molar-refractivity contribution in [2.75, 3.05) is 5.73 Å². The van der Waals surface area contributed by atoms with E-state index in [1.165, 1.54) is 24.3 Å². The highest BCUT2D eigenvalue weighted by atomic mass is 19.3. The quantitative estimate of drug-likeness (QED) is 0.903. The van der Waals surface area contributed by atoms with Gasteiger partial charge in [0, 0.05) is 11.8 Å². The van der Waals surface area contributed by atoms with E-state index >= 15 is 0 Å². The van der Waals surface area contributed by atoms with Crippen molar-refractivity contribution in [1.29, 1.82) is 0 Å². The van der Waals surface area contributed by atoms with Crippen molar-refractivity contribution in [2.24, 2.45) is 0 Å². The highest BCUT2D eigenvalue weighted by Crippen LogP contribution is 2.27. The largest absolute Gasteiger partial charge is 0.435 e. The number of aromatic nitrogens is 1. The summed E-state index contributed by atoms with van der Waals surface area (Å²) in [7, 11) is 0. The Bertz CT molecular complexity index is 588. The van der Waals surface area contributed by atoms with Crippen LogP contribution in [0, 0.1) is 6.92 Å². The second-order valence-electron chi connectivity index (χ2n) is 4.34. The molecule has 106 valence electrons. The monoisotopic (exact) mass is 280 g/mol. The number of nitrogen functional groups attached to an aromatic ring is 1. The number of halogens is 2. The van der Waals surface area contributed by atoms with Gasteiger partial charge in [0.25, 0.3) is 0 Å². The Morgan fingerprint density at radius 2 is 1.90 bits per heavy atom. The number of hydrogen-bond acceptors (Lipinski definition) is 4. The van der Waals surface area contributed by atoms with Gasteiger partial charge in [-0.2, -0.15) is 8.78 Å². The van der Waals surface area contributed by atoms with E-state index in [9.17, 15) is 13.9 Å². The fourth-order valence-corrected chi connectivity index (χ4v) is 1.83. The molecule has 1 atom stereocenters.